The third-order valence-electron chi connectivity index (χ3n) is 4.51. The molecule has 0 saturated heterocycles. The average molecular weight is 365 g/mol. The van der Waals surface area contributed by atoms with Gasteiger partial charge in [-0.3, -0.25) is 0 Å². The largest absolute Gasteiger partial charge is 0.394 e. The Kier molecular flexibility index (Phi) is 4.40. The van der Waals surface area contributed by atoms with Gasteiger partial charge in [0.05, 0.1) is 40.6 Å². The smallest absolute Gasteiger partial charge is 0.135 e. The van der Waals surface area contributed by atoms with Gasteiger partial charge in [0.2, 0.25) is 0 Å². The van der Waals surface area contributed by atoms with Gasteiger partial charge in [-0.2, -0.15) is 0 Å². The van der Waals surface area contributed by atoms with Crippen LogP contribution in [0.25, 0.3) is 32.0 Å². The Morgan fingerprint density at radius 2 is 2.00 bits per heavy atom. The summed E-state index contributed by atoms with van der Waals surface area (Å²) >= 11 is 1.56. The molecule has 0 fully saturated rings. The Bertz CT molecular complexity index is 1040. The maximum Gasteiger partial charge on any atom is 0.135 e. The van der Waals surface area contributed by atoms with Gasteiger partial charge in [-0.1, -0.05) is 37.3 Å². The van der Waals surface area contributed by atoms with Crippen LogP contribution in [0.2, 0.25) is 0 Å². The molecule has 1 atom stereocenters. The normalized spacial score (nSPS) is 12.5. The molecule has 0 spiro atoms. The summed E-state index contributed by atoms with van der Waals surface area (Å²) in [6.07, 6.45) is 4.10. The first-order valence-corrected chi connectivity index (χ1v) is 9.28. The minimum absolute atomic E-state index is 0.0383. The van der Waals surface area contributed by atoms with E-state index in [4.69, 9.17) is 5.73 Å². The molecule has 6 nitrogen and oxygen atoms in total. The van der Waals surface area contributed by atoms with Crippen LogP contribution in [0.15, 0.2) is 49.1 Å². The fraction of sp³-hybridized carbons (Fsp3) is 0.211. The van der Waals surface area contributed by atoms with E-state index in [0.717, 1.165) is 38.5 Å². The van der Waals surface area contributed by atoms with Gasteiger partial charge in [0.1, 0.15) is 17.0 Å². The van der Waals surface area contributed by atoms with E-state index in [-0.39, 0.29) is 12.6 Å². The van der Waals surface area contributed by atoms with Gasteiger partial charge in [0, 0.05) is 5.56 Å². The number of aliphatic hydroxyl groups excluding tert-OH is 1. The van der Waals surface area contributed by atoms with Crippen molar-refractivity contribution in [3.63, 3.8) is 0 Å². The van der Waals surface area contributed by atoms with Gasteiger partial charge >= 0.3 is 0 Å². The predicted octanol–water partition coefficient (Wildman–Crippen LogP) is 3.75. The van der Waals surface area contributed by atoms with E-state index in [2.05, 4.69) is 26.4 Å². The van der Waals surface area contributed by atoms with Gasteiger partial charge in [-0.05, 0) is 12.5 Å². The number of thiophene rings is 1. The van der Waals surface area contributed by atoms with Crippen LogP contribution in [0.1, 0.15) is 19.4 Å². The number of nitrogens with zero attached hydrogens (tertiary/aromatic N) is 4. The number of hydrogen-bond donors (Lipinski definition) is 2. The first-order valence-electron chi connectivity index (χ1n) is 8.46. The van der Waals surface area contributed by atoms with Gasteiger partial charge in [0.15, 0.2) is 0 Å². The van der Waals surface area contributed by atoms with E-state index in [1.807, 2.05) is 42.7 Å². The maximum absolute atomic E-state index is 9.83. The zero-order chi connectivity index (χ0) is 18.1. The lowest BCUT2D eigenvalue weighted by atomic mass is 10.1. The van der Waals surface area contributed by atoms with Crippen molar-refractivity contribution in [2.75, 3.05) is 12.3 Å². The van der Waals surface area contributed by atoms with Crippen LogP contribution < -0.4 is 5.73 Å². The maximum atomic E-state index is 9.83. The SMILES string of the molecule is CCC(CO)n1cnc(-c2ccccc2)c1-c1cc2c(N)ncnc2s1. The summed E-state index contributed by atoms with van der Waals surface area (Å²) in [6, 6.07) is 12.0. The lowest BCUT2D eigenvalue weighted by Gasteiger charge is -2.17. The highest BCUT2D eigenvalue weighted by Crippen LogP contribution is 2.40. The molecule has 1 aromatic carbocycles. The molecule has 1 unspecified atom stereocenters. The number of anilines is 1. The van der Waals surface area contributed by atoms with E-state index >= 15 is 0 Å². The Morgan fingerprint density at radius 3 is 2.69 bits per heavy atom. The van der Waals surface area contributed by atoms with Crippen molar-refractivity contribution in [1.29, 1.82) is 0 Å². The molecule has 4 rings (SSSR count). The Morgan fingerprint density at radius 1 is 1.19 bits per heavy atom. The van der Waals surface area contributed by atoms with Crippen molar-refractivity contribution in [2.45, 2.75) is 19.4 Å². The van der Waals surface area contributed by atoms with Crippen LogP contribution in [0, 0.1) is 0 Å². The standard InChI is InChI=1S/C19H19N5OS/c1-2-13(9-25)24-11-23-16(12-6-4-3-5-7-12)17(24)15-8-14-18(20)21-10-22-19(14)26-15/h3-8,10-11,13,25H,2,9H2,1H3,(H2,20,21,22). The summed E-state index contributed by atoms with van der Waals surface area (Å²) in [5, 5.41) is 10.7. The summed E-state index contributed by atoms with van der Waals surface area (Å²) in [7, 11) is 0. The Labute approximate surface area is 155 Å². The monoisotopic (exact) mass is 365 g/mol. The number of benzene rings is 1. The highest BCUT2D eigenvalue weighted by molar-refractivity contribution is 7.21. The molecule has 4 aromatic rings. The van der Waals surface area contributed by atoms with Gasteiger partial charge < -0.3 is 15.4 Å². The number of rotatable bonds is 5. The third kappa shape index (κ3) is 2.75. The van der Waals surface area contributed by atoms with Crippen molar-refractivity contribution < 1.29 is 5.11 Å². The van der Waals surface area contributed by atoms with E-state index < -0.39 is 0 Å². The molecule has 0 bridgehead atoms. The zero-order valence-electron chi connectivity index (χ0n) is 14.3. The molecule has 0 amide bonds. The molecule has 7 heteroatoms. The number of aromatic nitrogens is 4. The lowest BCUT2D eigenvalue weighted by Crippen LogP contribution is -2.12. The highest BCUT2D eigenvalue weighted by atomic mass is 32.1. The van der Waals surface area contributed by atoms with Crippen LogP contribution in [-0.2, 0) is 0 Å². The van der Waals surface area contributed by atoms with Gasteiger partial charge in [0.25, 0.3) is 0 Å². The van der Waals surface area contributed by atoms with Crippen LogP contribution in [-0.4, -0.2) is 31.2 Å². The topological polar surface area (TPSA) is 89.8 Å². The zero-order valence-corrected chi connectivity index (χ0v) is 15.1. The lowest BCUT2D eigenvalue weighted by molar-refractivity contribution is 0.225. The van der Waals surface area contributed by atoms with Crippen molar-refractivity contribution in [1.82, 2.24) is 19.5 Å². The number of nitrogen functional groups attached to an aromatic ring is 1. The van der Waals surface area contributed by atoms with Crippen LogP contribution in [0.5, 0.6) is 0 Å². The van der Waals surface area contributed by atoms with Gasteiger partial charge in [-0.25, -0.2) is 15.0 Å². The molecule has 0 aliphatic rings. The summed E-state index contributed by atoms with van der Waals surface area (Å²) in [5.74, 6) is 0.471. The molecule has 3 heterocycles. The fourth-order valence-corrected chi connectivity index (χ4v) is 4.15. The Balaban J connectivity index is 1.97. The second kappa shape index (κ2) is 6.86. The quantitative estimate of drug-likeness (QED) is 0.562. The third-order valence-corrected chi connectivity index (χ3v) is 5.56. The van der Waals surface area contributed by atoms with Crippen LogP contribution in [0.3, 0.4) is 0 Å². The first kappa shape index (κ1) is 16.7. The van der Waals surface area contributed by atoms with Crippen molar-refractivity contribution >= 4 is 27.4 Å². The van der Waals surface area contributed by atoms with E-state index in [9.17, 15) is 5.11 Å². The fourth-order valence-electron chi connectivity index (χ4n) is 3.09. The van der Waals surface area contributed by atoms with Crippen molar-refractivity contribution in [3.05, 3.63) is 49.1 Å². The van der Waals surface area contributed by atoms with Gasteiger partial charge in [-0.15, -0.1) is 11.3 Å². The molecular weight excluding hydrogens is 346 g/mol. The van der Waals surface area contributed by atoms with Crippen molar-refractivity contribution in [2.24, 2.45) is 0 Å². The van der Waals surface area contributed by atoms with E-state index in [0.29, 0.717) is 5.82 Å². The second-order valence-electron chi connectivity index (χ2n) is 6.05. The predicted molar refractivity (Wildman–Crippen MR) is 105 cm³/mol. The average Bonchev–Trinajstić information content (AvgIpc) is 3.28. The molecule has 3 aromatic heterocycles. The minimum atomic E-state index is -0.0383. The molecule has 26 heavy (non-hydrogen) atoms. The highest BCUT2D eigenvalue weighted by Gasteiger charge is 2.21. The van der Waals surface area contributed by atoms with Crippen LogP contribution >= 0.6 is 11.3 Å². The molecule has 0 aliphatic heterocycles. The number of hydrogen-bond acceptors (Lipinski definition) is 6. The number of nitrogens with two attached hydrogens (primary N) is 1. The summed E-state index contributed by atoms with van der Waals surface area (Å²) in [4.78, 5) is 14.9. The number of fused-ring (bicyclic) bond motifs is 1. The summed E-state index contributed by atoms with van der Waals surface area (Å²) < 4.78 is 2.05. The van der Waals surface area contributed by atoms with E-state index in [1.165, 1.54) is 6.33 Å². The molecule has 0 aliphatic carbocycles. The molecule has 0 radical (unpaired) electrons. The number of imidazole rings is 1. The minimum Gasteiger partial charge on any atom is -0.394 e. The Hall–Kier alpha value is -2.77. The molecule has 3 N–H and O–H groups in total. The van der Waals surface area contributed by atoms with E-state index in [1.54, 1.807) is 11.3 Å². The molecular formula is C19H19N5OS. The summed E-state index contributed by atoms with van der Waals surface area (Å²) in [5.41, 5.74) is 8.90. The molecule has 0 saturated carbocycles. The van der Waals surface area contributed by atoms with Crippen LogP contribution in [0.4, 0.5) is 5.82 Å². The molecule has 132 valence electrons. The first-order chi connectivity index (χ1) is 12.7. The summed E-state index contributed by atoms with van der Waals surface area (Å²) in [6.45, 7) is 2.11. The van der Waals surface area contributed by atoms with Crippen molar-refractivity contribution in [3.8, 4) is 21.8 Å². The second-order valence-corrected chi connectivity index (χ2v) is 7.08. The number of aliphatic hydroxyl groups is 1.